The van der Waals surface area contributed by atoms with Crippen LogP contribution in [-0.2, 0) is 6.42 Å². The summed E-state index contributed by atoms with van der Waals surface area (Å²) >= 11 is 0. The number of benzene rings is 1. The van der Waals surface area contributed by atoms with E-state index in [1.807, 2.05) is 6.92 Å². The number of nitrogens with one attached hydrogen (secondary N) is 1. The topological polar surface area (TPSA) is 29.3 Å². The SMILES string of the molecule is Cc1cn2ccc3c(c2n1)N[C@@H](c1ccccc1)CC3. The van der Waals surface area contributed by atoms with Crippen molar-refractivity contribution in [3.8, 4) is 0 Å². The second-order valence-electron chi connectivity index (χ2n) is 5.48. The fourth-order valence-electron chi connectivity index (χ4n) is 3.06. The fourth-order valence-corrected chi connectivity index (χ4v) is 3.06. The van der Waals surface area contributed by atoms with Gasteiger partial charge in [-0.15, -0.1) is 0 Å². The molecular formula is C17H17N3. The highest BCUT2D eigenvalue weighted by molar-refractivity contribution is 5.73. The minimum Gasteiger partial charge on any atom is -0.375 e. The summed E-state index contributed by atoms with van der Waals surface area (Å²) in [5, 5.41) is 3.69. The predicted molar refractivity (Wildman–Crippen MR) is 81.1 cm³/mol. The zero-order valence-electron chi connectivity index (χ0n) is 11.5. The van der Waals surface area contributed by atoms with Crippen molar-refractivity contribution in [3.05, 3.63) is 65.6 Å². The van der Waals surface area contributed by atoms with Gasteiger partial charge in [0.1, 0.15) is 0 Å². The molecule has 2 aromatic heterocycles. The third kappa shape index (κ3) is 1.78. The Kier molecular flexibility index (Phi) is 2.52. The number of nitrogens with zero attached hydrogens (tertiary/aromatic N) is 2. The summed E-state index contributed by atoms with van der Waals surface area (Å²) in [5.41, 5.74) is 6.02. The number of anilines is 1. The Morgan fingerprint density at radius 2 is 2.05 bits per heavy atom. The summed E-state index contributed by atoms with van der Waals surface area (Å²) in [6, 6.07) is 13.2. The van der Waals surface area contributed by atoms with E-state index in [0.29, 0.717) is 6.04 Å². The summed E-state index contributed by atoms with van der Waals surface area (Å²) in [5.74, 6) is 0. The van der Waals surface area contributed by atoms with Gasteiger partial charge in [-0.2, -0.15) is 0 Å². The summed E-state index contributed by atoms with van der Waals surface area (Å²) in [6.45, 7) is 2.04. The number of pyridine rings is 1. The third-order valence-corrected chi connectivity index (χ3v) is 4.06. The van der Waals surface area contributed by atoms with Crippen molar-refractivity contribution in [2.45, 2.75) is 25.8 Å². The van der Waals surface area contributed by atoms with Gasteiger partial charge < -0.3 is 9.72 Å². The lowest BCUT2D eigenvalue weighted by molar-refractivity contribution is 0.667. The van der Waals surface area contributed by atoms with Crippen molar-refractivity contribution in [2.75, 3.05) is 5.32 Å². The molecule has 3 heterocycles. The van der Waals surface area contributed by atoms with E-state index in [1.54, 1.807) is 0 Å². The molecule has 0 fully saturated rings. The van der Waals surface area contributed by atoms with E-state index in [0.717, 1.165) is 24.2 Å². The van der Waals surface area contributed by atoms with Gasteiger partial charge in [-0.1, -0.05) is 30.3 Å². The summed E-state index contributed by atoms with van der Waals surface area (Å²) in [6.07, 6.45) is 6.42. The number of aromatic nitrogens is 2. The van der Waals surface area contributed by atoms with Gasteiger partial charge in [0.15, 0.2) is 5.65 Å². The molecule has 1 aliphatic heterocycles. The molecule has 0 amide bonds. The molecule has 3 aromatic rings. The maximum atomic E-state index is 4.66. The largest absolute Gasteiger partial charge is 0.375 e. The Hall–Kier alpha value is -2.29. The average Bonchev–Trinajstić information content (AvgIpc) is 2.88. The molecular weight excluding hydrogens is 246 g/mol. The number of imidazole rings is 1. The molecule has 3 heteroatoms. The minimum absolute atomic E-state index is 0.381. The van der Waals surface area contributed by atoms with Crippen LogP contribution in [0.15, 0.2) is 48.8 Å². The van der Waals surface area contributed by atoms with Crippen LogP contribution in [0.2, 0.25) is 0 Å². The molecule has 0 unspecified atom stereocenters. The monoisotopic (exact) mass is 263 g/mol. The highest BCUT2D eigenvalue weighted by Gasteiger charge is 2.21. The zero-order chi connectivity index (χ0) is 13.5. The number of hydrogen-bond acceptors (Lipinski definition) is 2. The molecule has 0 aliphatic carbocycles. The van der Waals surface area contributed by atoms with Gasteiger partial charge in [0.25, 0.3) is 0 Å². The lowest BCUT2D eigenvalue weighted by Crippen LogP contribution is -2.18. The molecule has 0 spiro atoms. The first-order chi connectivity index (χ1) is 9.81. The quantitative estimate of drug-likeness (QED) is 0.724. The second-order valence-corrected chi connectivity index (χ2v) is 5.48. The van der Waals surface area contributed by atoms with Crippen molar-refractivity contribution >= 4 is 11.3 Å². The van der Waals surface area contributed by atoms with Gasteiger partial charge in [-0.25, -0.2) is 4.98 Å². The highest BCUT2D eigenvalue weighted by Crippen LogP contribution is 2.34. The zero-order valence-corrected chi connectivity index (χ0v) is 11.5. The molecule has 0 radical (unpaired) electrons. The van der Waals surface area contributed by atoms with E-state index in [9.17, 15) is 0 Å². The van der Waals surface area contributed by atoms with Crippen molar-refractivity contribution in [3.63, 3.8) is 0 Å². The summed E-state index contributed by atoms with van der Waals surface area (Å²) in [4.78, 5) is 4.66. The van der Waals surface area contributed by atoms with Crippen LogP contribution < -0.4 is 5.32 Å². The Labute approximate surface area is 118 Å². The molecule has 0 saturated carbocycles. The minimum atomic E-state index is 0.381. The van der Waals surface area contributed by atoms with E-state index < -0.39 is 0 Å². The molecule has 1 N–H and O–H groups in total. The van der Waals surface area contributed by atoms with Crippen molar-refractivity contribution in [1.29, 1.82) is 0 Å². The van der Waals surface area contributed by atoms with Crippen LogP contribution in [0, 0.1) is 6.92 Å². The number of aryl methyl sites for hydroxylation is 2. The van der Waals surface area contributed by atoms with Crippen LogP contribution in [0.25, 0.3) is 5.65 Å². The van der Waals surface area contributed by atoms with Gasteiger partial charge in [-0.3, -0.25) is 0 Å². The number of rotatable bonds is 1. The first kappa shape index (κ1) is 11.5. The van der Waals surface area contributed by atoms with Crippen LogP contribution in [0.1, 0.15) is 29.3 Å². The Morgan fingerprint density at radius 1 is 1.20 bits per heavy atom. The molecule has 1 aromatic carbocycles. The van der Waals surface area contributed by atoms with E-state index in [-0.39, 0.29) is 0 Å². The third-order valence-electron chi connectivity index (χ3n) is 4.06. The van der Waals surface area contributed by atoms with Crippen LogP contribution in [0.4, 0.5) is 5.69 Å². The maximum absolute atomic E-state index is 4.66. The Balaban J connectivity index is 1.79. The van der Waals surface area contributed by atoms with Crippen molar-refractivity contribution in [2.24, 2.45) is 0 Å². The van der Waals surface area contributed by atoms with E-state index in [1.165, 1.54) is 16.8 Å². The first-order valence-electron chi connectivity index (χ1n) is 7.10. The highest BCUT2D eigenvalue weighted by atomic mass is 15.1. The maximum Gasteiger partial charge on any atom is 0.160 e. The van der Waals surface area contributed by atoms with Crippen LogP contribution in [-0.4, -0.2) is 9.38 Å². The molecule has 100 valence electrons. The molecule has 0 bridgehead atoms. The molecule has 1 aliphatic rings. The molecule has 20 heavy (non-hydrogen) atoms. The second kappa shape index (κ2) is 4.37. The van der Waals surface area contributed by atoms with Crippen molar-refractivity contribution in [1.82, 2.24) is 9.38 Å². The van der Waals surface area contributed by atoms with Gasteiger partial charge in [0, 0.05) is 12.4 Å². The van der Waals surface area contributed by atoms with E-state index >= 15 is 0 Å². The van der Waals surface area contributed by atoms with Gasteiger partial charge >= 0.3 is 0 Å². The predicted octanol–water partition coefficient (Wildman–Crippen LogP) is 3.74. The summed E-state index contributed by atoms with van der Waals surface area (Å²) < 4.78 is 2.11. The Morgan fingerprint density at radius 3 is 2.90 bits per heavy atom. The normalized spacial score (nSPS) is 17.8. The number of hydrogen-bond donors (Lipinski definition) is 1. The average molecular weight is 263 g/mol. The van der Waals surface area contributed by atoms with Gasteiger partial charge in [0.05, 0.1) is 17.4 Å². The van der Waals surface area contributed by atoms with E-state index in [4.69, 9.17) is 0 Å². The Bertz CT molecular complexity index is 759. The van der Waals surface area contributed by atoms with Gasteiger partial charge in [0.2, 0.25) is 0 Å². The lowest BCUT2D eigenvalue weighted by Gasteiger charge is -2.27. The first-order valence-corrected chi connectivity index (χ1v) is 7.10. The standard InChI is InChI=1S/C17H17N3/c1-12-11-20-10-9-14-7-8-15(13-5-3-2-4-6-13)19-16(14)17(20)18-12/h2-6,9-11,15,19H,7-8H2,1H3/t15-/m1/s1. The molecule has 3 nitrogen and oxygen atoms in total. The lowest BCUT2D eigenvalue weighted by atomic mass is 9.94. The molecule has 0 saturated heterocycles. The number of fused-ring (bicyclic) bond motifs is 3. The molecule has 1 atom stereocenters. The van der Waals surface area contributed by atoms with Crippen LogP contribution >= 0.6 is 0 Å². The fraction of sp³-hybridized carbons (Fsp3) is 0.235. The van der Waals surface area contributed by atoms with Crippen molar-refractivity contribution < 1.29 is 0 Å². The van der Waals surface area contributed by atoms with Gasteiger partial charge in [-0.05, 0) is 37.0 Å². The van der Waals surface area contributed by atoms with Crippen LogP contribution in [0.3, 0.4) is 0 Å². The summed E-state index contributed by atoms with van der Waals surface area (Å²) in [7, 11) is 0. The van der Waals surface area contributed by atoms with Crippen LogP contribution in [0.5, 0.6) is 0 Å². The van der Waals surface area contributed by atoms with E-state index in [2.05, 4.69) is 63.5 Å². The smallest absolute Gasteiger partial charge is 0.160 e. The molecule has 4 rings (SSSR count).